The van der Waals surface area contributed by atoms with Crippen molar-refractivity contribution >= 4 is 16.8 Å². The quantitative estimate of drug-likeness (QED) is 0.670. The molecule has 0 aliphatic carbocycles. The van der Waals surface area contributed by atoms with Crippen LogP contribution in [0.3, 0.4) is 0 Å². The number of fused-ring (bicyclic) bond motifs is 5. The zero-order chi connectivity index (χ0) is 21.0. The number of hydrogen-bond acceptors (Lipinski definition) is 4. The minimum absolute atomic E-state index is 0.0103. The number of ether oxygens (including phenoxy) is 2. The van der Waals surface area contributed by atoms with Crippen LogP contribution in [0.1, 0.15) is 28.5 Å². The van der Waals surface area contributed by atoms with Crippen molar-refractivity contribution < 1.29 is 14.3 Å². The number of rotatable bonds is 3. The van der Waals surface area contributed by atoms with Gasteiger partial charge in [0.25, 0.3) is 11.5 Å². The summed E-state index contributed by atoms with van der Waals surface area (Å²) >= 11 is 0. The van der Waals surface area contributed by atoms with Crippen LogP contribution in [0.4, 0.5) is 0 Å². The van der Waals surface area contributed by atoms with Crippen LogP contribution >= 0.6 is 0 Å². The van der Waals surface area contributed by atoms with Gasteiger partial charge in [-0.2, -0.15) is 0 Å². The van der Waals surface area contributed by atoms with Crippen molar-refractivity contribution in [3.05, 3.63) is 58.1 Å². The molecule has 1 amide bonds. The van der Waals surface area contributed by atoms with E-state index in [1.807, 2.05) is 51.4 Å². The molecule has 2 aliphatic rings. The van der Waals surface area contributed by atoms with Gasteiger partial charge in [-0.1, -0.05) is 6.07 Å². The molecule has 0 spiro atoms. The number of aryl methyl sites for hydroxylation is 1. The number of benzene rings is 1. The average Bonchev–Trinajstić information content (AvgIpc) is 3.09. The Morgan fingerprint density at radius 3 is 2.67 bits per heavy atom. The molecule has 3 aromatic rings. The number of methoxy groups -OCH3 is 2. The van der Waals surface area contributed by atoms with Gasteiger partial charge in [0.1, 0.15) is 17.2 Å². The Hall–Kier alpha value is -3.22. The number of hydrogen-bond donors (Lipinski definition) is 0. The third-order valence-electron chi connectivity index (χ3n) is 6.54. The van der Waals surface area contributed by atoms with Gasteiger partial charge in [0.15, 0.2) is 0 Å². The molecule has 1 saturated heterocycles. The van der Waals surface area contributed by atoms with Crippen LogP contribution in [-0.2, 0) is 13.6 Å². The largest absolute Gasteiger partial charge is 0.497 e. The molecular weight excluding hydrogens is 382 g/mol. The molecule has 2 aliphatic heterocycles. The number of amides is 1. The Morgan fingerprint density at radius 2 is 1.90 bits per heavy atom. The fourth-order valence-corrected chi connectivity index (χ4v) is 5.09. The monoisotopic (exact) mass is 407 g/mol. The highest BCUT2D eigenvalue weighted by Crippen LogP contribution is 2.37. The van der Waals surface area contributed by atoms with Crippen LogP contribution in [0.5, 0.6) is 11.5 Å². The minimum Gasteiger partial charge on any atom is -0.497 e. The van der Waals surface area contributed by atoms with Crippen molar-refractivity contribution in [2.24, 2.45) is 13.0 Å². The molecule has 0 unspecified atom stereocenters. The highest BCUT2D eigenvalue weighted by Gasteiger charge is 2.37. The standard InChI is InChI=1S/C23H25N3O4/c1-24-19-8-16(29-2)9-21(30-3)17(19)10-20(24)23(28)25-11-14-7-15(13-25)18-5-4-6-22(27)26(18)12-14/h4-6,8-10,14-15H,7,11-13H2,1-3H3/t14-,15+/m1/s1. The summed E-state index contributed by atoms with van der Waals surface area (Å²) in [7, 11) is 5.13. The van der Waals surface area contributed by atoms with Gasteiger partial charge in [0, 0.05) is 61.9 Å². The van der Waals surface area contributed by atoms with Gasteiger partial charge in [-0.25, -0.2) is 0 Å². The average molecular weight is 407 g/mol. The van der Waals surface area contributed by atoms with Crippen molar-refractivity contribution in [1.82, 2.24) is 14.0 Å². The fourth-order valence-electron chi connectivity index (χ4n) is 5.09. The second-order valence-corrected chi connectivity index (χ2v) is 8.26. The zero-order valence-corrected chi connectivity index (χ0v) is 17.4. The molecule has 0 saturated carbocycles. The van der Waals surface area contributed by atoms with Crippen LogP contribution in [0.15, 0.2) is 41.2 Å². The van der Waals surface area contributed by atoms with E-state index in [-0.39, 0.29) is 17.4 Å². The van der Waals surface area contributed by atoms with Crippen molar-refractivity contribution in [1.29, 1.82) is 0 Å². The first-order chi connectivity index (χ1) is 14.5. The third kappa shape index (κ3) is 2.80. The molecule has 30 heavy (non-hydrogen) atoms. The van der Waals surface area contributed by atoms with Crippen molar-refractivity contribution in [2.45, 2.75) is 18.9 Å². The number of pyridine rings is 1. The van der Waals surface area contributed by atoms with E-state index in [0.717, 1.165) is 23.0 Å². The molecule has 7 nitrogen and oxygen atoms in total. The van der Waals surface area contributed by atoms with Gasteiger partial charge in [-0.15, -0.1) is 0 Å². The summed E-state index contributed by atoms with van der Waals surface area (Å²) < 4.78 is 14.7. The minimum atomic E-state index is 0.0103. The molecule has 2 bridgehead atoms. The van der Waals surface area contributed by atoms with E-state index in [0.29, 0.717) is 42.7 Å². The van der Waals surface area contributed by atoms with Crippen LogP contribution in [-0.4, -0.2) is 47.3 Å². The molecule has 156 valence electrons. The Labute approximate surface area is 174 Å². The lowest BCUT2D eigenvalue weighted by molar-refractivity contribution is 0.0585. The summed E-state index contributed by atoms with van der Waals surface area (Å²) in [6.07, 6.45) is 1.02. The van der Waals surface area contributed by atoms with Gasteiger partial charge < -0.3 is 23.5 Å². The first-order valence-electron chi connectivity index (χ1n) is 10.2. The number of likely N-dealkylation sites (tertiary alicyclic amines) is 1. The molecule has 2 atom stereocenters. The van der Waals surface area contributed by atoms with Crippen LogP contribution in [0.25, 0.3) is 10.9 Å². The van der Waals surface area contributed by atoms with E-state index in [9.17, 15) is 9.59 Å². The highest BCUT2D eigenvalue weighted by atomic mass is 16.5. The Balaban J connectivity index is 1.51. The number of aromatic nitrogens is 2. The van der Waals surface area contributed by atoms with Crippen molar-refractivity contribution in [3.8, 4) is 11.5 Å². The van der Waals surface area contributed by atoms with Gasteiger partial charge in [-0.05, 0) is 24.5 Å². The Kier molecular flexibility index (Phi) is 4.34. The number of carbonyl (C=O) groups is 1. The maximum atomic E-state index is 13.5. The summed E-state index contributed by atoms with van der Waals surface area (Å²) in [4.78, 5) is 27.7. The first kappa shape index (κ1) is 18.8. The van der Waals surface area contributed by atoms with E-state index >= 15 is 0 Å². The molecule has 7 heteroatoms. The predicted molar refractivity (Wildman–Crippen MR) is 113 cm³/mol. The van der Waals surface area contributed by atoms with Crippen LogP contribution in [0, 0.1) is 5.92 Å². The molecule has 4 heterocycles. The van der Waals surface area contributed by atoms with Crippen molar-refractivity contribution in [3.63, 3.8) is 0 Å². The molecule has 1 aromatic carbocycles. The second kappa shape index (κ2) is 6.93. The predicted octanol–water partition coefficient (Wildman–Crippen LogP) is 2.62. The number of carbonyl (C=O) groups excluding carboxylic acids is 1. The summed E-state index contributed by atoms with van der Waals surface area (Å²) in [6.45, 7) is 1.97. The summed E-state index contributed by atoms with van der Waals surface area (Å²) in [5, 5.41) is 0.887. The molecule has 5 rings (SSSR count). The summed E-state index contributed by atoms with van der Waals surface area (Å²) in [6, 6.07) is 11.1. The maximum Gasteiger partial charge on any atom is 0.270 e. The molecule has 1 fully saturated rings. The van der Waals surface area contributed by atoms with E-state index < -0.39 is 0 Å². The molecule has 2 aromatic heterocycles. The van der Waals surface area contributed by atoms with E-state index in [1.54, 1.807) is 20.3 Å². The van der Waals surface area contributed by atoms with E-state index in [4.69, 9.17) is 9.47 Å². The highest BCUT2D eigenvalue weighted by molar-refractivity contribution is 6.01. The lowest BCUT2D eigenvalue weighted by Crippen LogP contribution is -2.49. The number of piperidine rings is 1. The van der Waals surface area contributed by atoms with Crippen LogP contribution < -0.4 is 15.0 Å². The van der Waals surface area contributed by atoms with E-state index in [2.05, 4.69) is 0 Å². The lowest BCUT2D eigenvalue weighted by atomic mass is 9.83. The normalized spacial score (nSPS) is 20.2. The van der Waals surface area contributed by atoms with Crippen LogP contribution in [0.2, 0.25) is 0 Å². The van der Waals surface area contributed by atoms with Gasteiger partial charge in [0.05, 0.1) is 19.7 Å². The topological polar surface area (TPSA) is 65.7 Å². The third-order valence-corrected chi connectivity index (χ3v) is 6.54. The second-order valence-electron chi connectivity index (χ2n) is 8.26. The fraction of sp³-hybridized carbons (Fsp3) is 0.391. The zero-order valence-electron chi connectivity index (χ0n) is 17.4. The van der Waals surface area contributed by atoms with Gasteiger partial charge in [-0.3, -0.25) is 9.59 Å². The van der Waals surface area contributed by atoms with Gasteiger partial charge in [0.2, 0.25) is 0 Å². The number of nitrogens with zero attached hydrogens (tertiary/aromatic N) is 3. The first-order valence-corrected chi connectivity index (χ1v) is 10.2. The molecule has 0 radical (unpaired) electrons. The summed E-state index contributed by atoms with van der Waals surface area (Å²) in [5.74, 6) is 1.87. The smallest absolute Gasteiger partial charge is 0.270 e. The Morgan fingerprint density at radius 1 is 1.07 bits per heavy atom. The Bertz CT molecular complexity index is 1210. The lowest BCUT2D eigenvalue weighted by Gasteiger charge is -2.42. The van der Waals surface area contributed by atoms with Crippen molar-refractivity contribution in [2.75, 3.05) is 27.3 Å². The summed E-state index contributed by atoms with van der Waals surface area (Å²) in [5.41, 5.74) is 2.61. The van der Waals surface area contributed by atoms with E-state index in [1.165, 1.54) is 0 Å². The SMILES string of the molecule is COc1cc(OC)c2cc(C(=O)N3C[C@H]4C[C@@H](C3)c3cccc(=O)n3C4)n(C)c2c1. The molecule has 0 N–H and O–H groups in total. The molecular formula is C23H25N3O4. The maximum absolute atomic E-state index is 13.5. The van der Waals surface area contributed by atoms with Gasteiger partial charge >= 0.3 is 0 Å².